The zero-order chi connectivity index (χ0) is 20.2. The molecule has 2 saturated heterocycles. The summed E-state index contributed by atoms with van der Waals surface area (Å²) in [7, 11) is 0. The Labute approximate surface area is 172 Å². The molecule has 2 fully saturated rings. The normalized spacial score (nSPS) is 26.6. The Hall–Kier alpha value is -1.58. The molecular formula is C20H24F2N2O4S. The van der Waals surface area contributed by atoms with E-state index in [4.69, 9.17) is 14.2 Å². The number of rotatable bonds is 6. The Morgan fingerprint density at radius 2 is 1.79 bits per heavy atom. The second kappa shape index (κ2) is 9.49. The largest absolute Gasteiger partial charge is 0.494 e. The summed E-state index contributed by atoms with van der Waals surface area (Å²) in [5.74, 6) is -1.07. The molecule has 1 atom stereocenters. The van der Waals surface area contributed by atoms with Crippen LogP contribution in [0.25, 0.3) is 0 Å². The number of carbonyl (C=O) groups excluding carboxylic acids is 1. The third kappa shape index (κ3) is 4.95. The van der Waals surface area contributed by atoms with Crippen molar-refractivity contribution in [2.45, 2.75) is 37.1 Å². The van der Waals surface area contributed by atoms with Crippen molar-refractivity contribution in [1.29, 1.82) is 0 Å². The molecule has 1 unspecified atom stereocenters. The number of alkyl halides is 1. The van der Waals surface area contributed by atoms with Crippen molar-refractivity contribution < 1.29 is 27.8 Å². The average Bonchev–Trinajstić information content (AvgIpc) is 2.75. The van der Waals surface area contributed by atoms with E-state index in [9.17, 15) is 13.6 Å². The molecule has 0 spiro atoms. The van der Waals surface area contributed by atoms with Crippen molar-refractivity contribution in [3.63, 3.8) is 0 Å². The second-order valence-corrected chi connectivity index (χ2v) is 8.74. The predicted molar refractivity (Wildman–Crippen MR) is 107 cm³/mol. The van der Waals surface area contributed by atoms with Crippen molar-refractivity contribution in [3.8, 4) is 0 Å². The summed E-state index contributed by atoms with van der Waals surface area (Å²) in [6.45, 7) is 3.04. The molecule has 1 amide bonds. The Balaban J connectivity index is 1.44. The number of amidine groups is 1. The van der Waals surface area contributed by atoms with E-state index in [1.54, 1.807) is 11.8 Å². The third-order valence-electron chi connectivity index (χ3n) is 5.38. The molecule has 0 aromatic heterocycles. The van der Waals surface area contributed by atoms with E-state index in [0.29, 0.717) is 36.7 Å². The number of amides is 1. The van der Waals surface area contributed by atoms with Crippen LogP contribution in [-0.4, -0.2) is 67.7 Å². The molecule has 0 bridgehead atoms. The number of allylic oxidation sites excluding steroid dienone is 2. The van der Waals surface area contributed by atoms with Gasteiger partial charge in [-0.25, -0.2) is 13.8 Å². The van der Waals surface area contributed by atoms with Crippen LogP contribution in [0.4, 0.5) is 8.78 Å². The number of hydrogen-bond donors (Lipinski definition) is 0. The topological polar surface area (TPSA) is 69.5 Å². The summed E-state index contributed by atoms with van der Waals surface area (Å²) in [4.78, 5) is 20.5. The molecule has 1 aliphatic carbocycles. The van der Waals surface area contributed by atoms with Gasteiger partial charge >= 0.3 is 0 Å². The lowest BCUT2D eigenvalue weighted by Gasteiger charge is -2.26. The molecule has 158 valence electrons. The number of halogens is 2. The van der Waals surface area contributed by atoms with E-state index in [2.05, 4.69) is 9.98 Å². The van der Waals surface area contributed by atoms with E-state index in [-0.39, 0.29) is 17.4 Å². The fourth-order valence-electron chi connectivity index (χ4n) is 3.63. The van der Waals surface area contributed by atoms with Crippen molar-refractivity contribution in [2.24, 2.45) is 15.9 Å². The molecule has 4 rings (SSSR count). The van der Waals surface area contributed by atoms with E-state index >= 15 is 0 Å². The van der Waals surface area contributed by atoms with Crippen molar-refractivity contribution in [2.75, 3.05) is 38.8 Å². The van der Waals surface area contributed by atoms with E-state index in [1.165, 1.54) is 6.08 Å². The maximum absolute atomic E-state index is 14.6. The van der Waals surface area contributed by atoms with Gasteiger partial charge < -0.3 is 14.2 Å². The van der Waals surface area contributed by atoms with Crippen molar-refractivity contribution in [1.82, 2.24) is 0 Å². The predicted octanol–water partition coefficient (Wildman–Crippen LogP) is 3.18. The second-order valence-electron chi connectivity index (χ2n) is 7.45. The van der Waals surface area contributed by atoms with Crippen LogP contribution in [0.2, 0.25) is 0 Å². The number of aliphatic imine (C=N–C) groups is 2. The Morgan fingerprint density at radius 1 is 1.10 bits per heavy atom. The molecule has 9 heteroatoms. The molecule has 29 heavy (non-hydrogen) atoms. The van der Waals surface area contributed by atoms with Crippen LogP contribution in [0, 0.1) is 5.92 Å². The van der Waals surface area contributed by atoms with E-state index in [0.717, 1.165) is 38.9 Å². The molecule has 0 N–H and O–H groups in total. The summed E-state index contributed by atoms with van der Waals surface area (Å²) in [5.41, 5.74) is -0.295. The lowest BCUT2D eigenvalue weighted by atomic mass is 9.97. The summed E-state index contributed by atoms with van der Waals surface area (Å²) in [6, 6.07) is 0. The van der Waals surface area contributed by atoms with Gasteiger partial charge in [-0.1, -0.05) is 0 Å². The first-order valence-corrected chi connectivity index (χ1v) is 11.0. The quantitative estimate of drug-likeness (QED) is 0.653. The average molecular weight is 426 g/mol. The highest BCUT2D eigenvalue weighted by Crippen LogP contribution is 2.32. The highest BCUT2D eigenvalue weighted by molar-refractivity contribution is 8.00. The summed E-state index contributed by atoms with van der Waals surface area (Å²) in [5, 5.41) is 0.422. The Kier molecular flexibility index (Phi) is 6.77. The van der Waals surface area contributed by atoms with Crippen molar-refractivity contribution in [3.05, 3.63) is 23.2 Å². The van der Waals surface area contributed by atoms with Crippen LogP contribution in [-0.2, 0) is 19.0 Å². The summed E-state index contributed by atoms with van der Waals surface area (Å²) >= 11 is 1.66. The minimum absolute atomic E-state index is 0.0981. The van der Waals surface area contributed by atoms with Crippen LogP contribution in [0.1, 0.15) is 25.7 Å². The van der Waals surface area contributed by atoms with Crippen LogP contribution in [0.15, 0.2) is 33.2 Å². The number of carbonyl (C=O) groups is 1. The van der Waals surface area contributed by atoms with Gasteiger partial charge in [0.25, 0.3) is 5.91 Å². The van der Waals surface area contributed by atoms with Gasteiger partial charge in [-0.05, 0) is 31.6 Å². The molecule has 3 heterocycles. The van der Waals surface area contributed by atoms with Gasteiger partial charge in [0.1, 0.15) is 17.2 Å². The number of ether oxygens (including phenoxy) is 3. The zero-order valence-electron chi connectivity index (χ0n) is 16.1. The molecule has 0 saturated carbocycles. The van der Waals surface area contributed by atoms with Crippen molar-refractivity contribution >= 4 is 29.2 Å². The molecule has 4 aliphatic rings. The lowest BCUT2D eigenvalue weighted by Crippen LogP contribution is -2.29. The Bertz CT molecular complexity index is 768. The fourth-order valence-corrected chi connectivity index (χ4v) is 4.67. The van der Waals surface area contributed by atoms with Crippen LogP contribution in [0.3, 0.4) is 0 Å². The van der Waals surface area contributed by atoms with Crippen LogP contribution >= 0.6 is 11.8 Å². The summed E-state index contributed by atoms with van der Waals surface area (Å²) < 4.78 is 45.3. The van der Waals surface area contributed by atoms with Crippen LogP contribution < -0.4 is 0 Å². The standard InChI is InChI=1S/C20H24F2N2O4S/c21-18-15(28-10-12-1-5-26-6-2-12)9-14-17(19(18)22)20(25)24-16(23-14)11-29-13-3-7-27-8-4-13/h9,12-13,18H,1-8,10-11H2. The highest BCUT2D eigenvalue weighted by atomic mass is 32.2. The van der Waals surface area contributed by atoms with E-state index in [1.807, 2.05) is 0 Å². The molecule has 6 nitrogen and oxygen atoms in total. The first kappa shape index (κ1) is 20.7. The first-order chi connectivity index (χ1) is 14.1. The van der Waals surface area contributed by atoms with Gasteiger partial charge in [-0.3, -0.25) is 4.79 Å². The SMILES string of the molecule is O=C1N=C(CSC2CCOCC2)N=C2C=C(OCC3CCOCC3)C(F)C(F)=C12. The number of hydrogen-bond acceptors (Lipinski definition) is 6. The molecule has 0 aromatic rings. The maximum Gasteiger partial charge on any atom is 0.283 e. The smallest absolute Gasteiger partial charge is 0.283 e. The monoisotopic (exact) mass is 426 g/mol. The number of thioether (sulfide) groups is 1. The van der Waals surface area contributed by atoms with Gasteiger partial charge in [0.15, 0.2) is 5.83 Å². The minimum Gasteiger partial charge on any atom is -0.494 e. The van der Waals surface area contributed by atoms with Gasteiger partial charge in [-0.15, -0.1) is 0 Å². The van der Waals surface area contributed by atoms with Gasteiger partial charge in [0.05, 0.1) is 18.1 Å². The van der Waals surface area contributed by atoms with Gasteiger partial charge in [0, 0.05) is 37.8 Å². The van der Waals surface area contributed by atoms with E-state index < -0.39 is 23.5 Å². The Morgan fingerprint density at radius 3 is 2.52 bits per heavy atom. The number of fused-ring (bicyclic) bond motifs is 1. The third-order valence-corrected chi connectivity index (χ3v) is 6.75. The molecule has 3 aliphatic heterocycles. The maximum atomic E-state index is 14.6. The lowest BCUT2D eigenvalue weighted by molar-refractivity contribution is -0.114. The highest BCUT2D eigenvalue weighted by Gasteiger charge is 2.37. The van der Waals surface area contributed by atoms with Gasteiger partial charge in [-0.2, -0.15) is 16.8 Å². The molecular weight excluding hydrogens is 402 g/mol. The minimum atomic E-state index is -2.10. The zero-order valence-corrected chi connectivity index (χ0v) is 16.9. The number of nitrogens with zero attached hydrogens (tertiary/aromatic N) is 2. The summed E-state index contributed by atoms with van der Waals surface area (Å²) in [6.07, 6.45) is 2.78. The molecule has 0 radical (unpaired) electrons. The first-order valence-electron chi connectivity index (χ1n) is 9.98. The van der Waals surface area contributed by atoms with Gasteiger partial charge in [0.2, 0.25) is 6.17 Å². The molecule has 0 aromatic carbocycles. The van der Waals surface area contributed by atoms with Crippen LogP contribution in [0.5, 0.6) is 0 Å². The fraction of sp³-hybridized carbons (Fsp3) is 0.650.